The predicted octanol–water partition coefficient (Wildman–Crippen LogP) is 4.20. The molecule has 0 aliphatic carbocycles. The van der Waals surface area contributed by atoms with Gasteiger partial charge in [-0.1, -0.05) is 84.1 Å². The van der Waals surface area contributed by atoms with Gasteiger partial charge in [0.2, 0.25) is 5.91 Å². The van der Waals surface area contributed by atoms with Crippen LogP contribution in [0.25, 0.3) is 11.1 Å². The van der Waals surface area contributed by atoms with Crippen molar-refractivity contribution in [2.24, 2.45) is 7.05 Å². The molecule has 4 rings (SSSR count). The summed E-state index contributed by atoms with van der Waals surface area (Å²) in [6, 6.07) is 24.3. The number of aryl methyl sites for hydroxylation is 1. The summed E-state index contributed by atoms with van der Waals surface area (Å²) in [6.07, 6.45) is 0.592. The van der Waals surface area contributed by atoms with Crippen LogP contribution in [0.15, 0.2) is 88.5 Å². The normalized spacial score (nSPS) is 10.4. The van der Waals surface area contributed by atoms with Crippen LogP contribution in [0.5, 0.6) is 5.75 Å². The van der Waals surface area contributed by atoms with Crippen molar-refractivity contribution in [3.05, 3.63) is 116 Å². The van der Waals surface area contributed by atoms with Crippen LogP contribution in [-0.4, -0.2) is 20.1 Å². The number of benzene rings is 3. The van der Waals surface area contributed by atoms with Crippen molar-refractivity contribution in [1.82, 2.24) is 9.13 Å². The smallest absolute Gasteiger partial charge is 0.332 e. The number of aromatic hydroxyl groups is 1. The summed E-state index contributed by atoms with van der Waals surface area (Å²) in [4.78, 5) is 37.9. The Bertz CT molecular complexity index is 1610. The van der Waals surface area contributed by atoms with E-state index in [0.29, 0.717) is 12.0 Å². The van der Waals surface area contributed by atoms with Crippen LogP contribution in [-0.2, 0) is 24.8 Å². The van der Waals surface area contributed by atoms with Gasteiger partial charge in [0.05, 0.1) is 6.54 Å². The molecule has 1 amide bonds. The Morgan fingerprint density at radius 2 is 1.68 bits per heavy atom. The fourth-order valence-corrected chi connectivity index (χ4v) is 4.00. The van der Waals surface area contributed by atoms with Crippen molar-refractivity contribution in [3.8, 4) is 28.7 Å². The van der Waals surface area contributed by atoms with Crippen molar-refractivity contribution in [2.75, 3.05) is 5.32 Å². The van der Waals surface area contributed by atoms with Crippen molar-refractivity contribution >= 4 is 23.2 Å². The Hall–Kier alpha value is -4.54. The fourth-order valence-electron chi connectivity index (χ4n) is 3.74. The molecule has 186 valence electrons. The molecule has 0 saturated carbocycles. The van der Waals surface area contributed by atoms with E-state index in [4.69, 9.17) is 11.6 Å². The summed E-state index contributed by atoms with van der Waals surface area (Å²) in [7, 11) is 1.31. The lowest BCUT2D eigenvalue weighted by Crippen LogP contribution is -2.40. The minimum absolute atomic E-state index is 0.0706. The first kappa shape index (κ1) is 25.5. The first-order valence-corrected chi connectivity index (χ1v) is 11.9. The molecule has 0 atom stereocenters. The molecule has 0 spiro atoms. The van der Waals surface area contributed by atoms with Crippen LogP contribution in [0.4, 0.5) is 5.69 Å². The third kappa shape index (κ3) is 6.18. The third-order valence-corrected chi connectivity index (χ3v) is 6.15. The zero-order chi connectivity index (χ0) is 26.4. The molecule has 0 aliphatic rings. The second-order valence-corrected chi connectivity index (χ2v) is 8.72. The van der Waals surface area contributed by atoms with Crippen LogP contribution in [0.1, 0.15) is 17.5 Å². The molecular formula is C29H24ClN3O4. The molecule has 0 saturated heterocycles. The van der Waals surface area contributed by atoms with Crippen LogP contribution >= 0.6 is 11.6 Å². The summed E-state index contributed by atoms with van der Waals surface area (Å²) < 4.78 is 1.98. The molecule has 0 bridgehead atoms. The zero-order valence-electron chi connectivity index (χ0n) is 20.1. The monoisotopic (exact) mass is 513 g/mol. The van der Waals surface area contributed by atoms with Crippen LogP contribution in [0, 0.1) is 11.8 Å². The second-order valence-electron chi connectivity index (χ2n) is 8.36. The Labute approximate surface area is 218 Å². The number of phenolic OH excluding ortho intramolecular Hbond substituents is 1. The summed E-state index contributed by atoms with van der Waals surface area (Å²) >= 11 is 6.36. The van der Waals surface area contributed by atoms with Crippen molar-refractivity contribution in [2.45, 2.75) is 19.4 Å². The number of rotatable bonds is 6. The van der Waals surface area contributed by atoms with Crippen molar-refractivity contribution in [1.29, 1.82) is 0 Å². The molecule has 7 nitrogen and oxygen atoms in total. The molecule has 4 aromatic rings. The van der Waals surface area contributed by atoms with E-state index < -0.39 is 17.2 Å². The number of nitrogens with one attached hydrogen (secondary N) is 1. The Morgan fingerprint density at radius 1 is 0.973 bits per heavy atom. The molecule has 3 aromatic carbocycles. The summed E-state index contributed by atoms with van der Waals surface area (Å²) in [5.74, 6) is 5.31. The molecular weight excluding hydrogens is 490 g/mol. The lowest BCUT2D eigenvalue weighted by atomic mass is 10.0. The first-order chi connectivity index (χ1) is 17.8. The average Bonchev–Trinajstić information content (AvgIpc) is 2.91. The van der Waals surface area contributed by atoms with Crippen LogP contribution in [0.2, 0.25) is 5.15 Å². The van der Waals surface area contributed by atoms with Crippen LogP contribution < -0.4 is 16.6 Å². The Kier molecular flexibility index (Phi) is 7.92. The number of anilines is 1. The fraction of sp³-hybridized carbons (Fsp3) is 0.138. The number of hydrogen-bond donors (Lipinski definition) is 2. The van der Waals surface area contributed by atoms with E-state index in [1.165, 1.54) is 19.2 Å². The van der Waals surface area contributed by atoms with Crippen molar-refractivity contribution in [3.63, 3.8) is 0 Å². The van der Waals surface area contributed by atoms with Gasteiger partial charge in [0, 0.05) is 19.0 Å². The van der Waals surface area contributed by atoms with E-state index in [-0.39, 0.29) is 29.6 Å². The quantitative estimate of drug-likeness (QED) is 0.298. The highest BCUT2D eigenvalue weighted by molar-refractivity contribution is 6.32. The highest BCUT2D eigenvalue weighted by Gasteiger charge is 2.18. The maximum Gasteiger partial charge on any atom is 0.332 e. The van der Waals surface area contributed by atoms with E-state index in [9.17, 15) is 19.5 Å². The summed E-state index contributed by atoms with van der Waals surface area (Å²) in [6.45, 7) is -0.113. The largest absolute Gasteiger partial charge is 0.508 e. The lowest BCUT2D eigenvalue weighted by Gasteiger charge is -2.13. The van der Waals surface area contributed by atoms with Gasteiger partial charge in [-0.3, -0.25) is 18.7 Å². The van der Waals surface area contributed by atoms with Gasteiger partial charge in [0.15, 0.2) is 0 Å². The highest BCUT2D eigenvalue weighted by atomic mass is 35.5. The first-order valence-electron chi connectivity index (χ1n) is 11.5. The van der Waals surface area contributed by atoms with E-state index in [1.807, 2.05) is 54.6 Å². The molecule has 1 heterocycles. The number of phenols is 1. The number of halogens is 1. The number of aromatic nitrogens is 2. The third-order valence-electron chi connectivity index (χ3n) is 5.76. The standard InChI is InChI=1S/C29H24ClN3O4/c1-32-28(36)26(27(30)33(29(32)37)18-6-8-21-7-5-11-24(34)19-21)31-25(35)17-14-20-12-15-23(16-13-20)22-9-3-2-4-10-22/h2-5,7,9-13,15-16,19,34H,14,17-18H2,1H3,(H,31,35). The molecule has 8 heteroatoms. The van der Waals surface area contributed by atoms with Gasteiger partial charge in [-0.05, 0) is 41.3 Å². The van der Waals surface area contributed by atoms with Gasteiger partial charge >= 0.3 is 5.69 Å². The van der Waals surface area contributed by atoms with E-state index >= 15 is 0 Å². The van der Waals surface area contributed by atoms with Gasteiger partial charge in [-0.2, -0.15) is 0 Å². The second kappa shape index (κ2) is 11.5. The molecule has 0 aliphatic heterocycles. The SMILES string of the molecule is Cn1c(=O)c(NC(=O)CCc2ccc(-c3ccccc3)cc2)c(Cl)n(CC#Cc2cccc(O)c2)c1=O. The zero-order valence-corrected chi connectivity index (χ0v) is 20.8. The van der Waals surface area contributed by atoms with Crippen molar-refractivity contribution < 1.29 is 9.90 Å². The predicted molar refractivity (Wildman–Crippen MR) is 145 cm³/mol. The van der Waals surface area contributed by atoms with Gasteiger partial charge in [-0.15, -0.1) is 0 Å². The molecule has 1 aromatic heterocycles. The average molecular weight is 514 g/mol. The topological polar surface area (TPSA) is 93.3 Å². The Balaban J connectivity index is 1.46. The number of carbonyl (C=O) groups excluding carboxylic acids is 1. The number of carbonyl (C=O) groups is 1. The van der Waals surface area contributed by atoms with Gasteiger partial charge < -0.3 is 10.4 Å². The molecule has 2 N–H and O–H groups in total. The highest BCUT2D eigenvalue weighted by Crippen LogP contribution is 2.20. The minimum Gasteiger partial charge on any atom is -0.508 e. The van der Waals surface area contributed by atoms with Gasteiger partial charge in [-0.25, -0.2) is 4.79 Å². The van der Waals surface area contributed by atoms with E-state index in [1.54, 1.807) is 12.1 Å². The molecule has 37 heavy (non-hydrogen) atoms. The lowest BCUT2D eigenvalue weighted by molar-refractivity contribution is -0.116. The minimum atomic E-state index is -0.701. The van der Waals surface area contributed by atoms with E-state index in [0.717, 1.165) is 25.8 Å². The van der Waals surface area contributed by atoms with E-state index in [2.05, 4.69) is 17.2 Å². The molecule has 0 unspecified atom stereocenters. The van der Waals surface area contributed by atoms with Gasteiger partial charge in [0.1, 0.15) is 16.6 Å². The van der Waals surface area contributed by atoms with Gasteiger partial charge in [0.25, 0.3) is 5.56 Å². The number of hydrogen-bond acceptors (Lipinski definition) is 4. The molecule has 0 fully saturated rings. The summed E-state index contributed by atoms with van der Waals surface area (Å²) in [5, 5.41) is 11.9. The maximum atomic E-state index is 12.7. The van der Waals surface area contributed by atoms with Crippen LogP contribution in [0.3, 0.4) is 0 Å². The Morgan fingerprint density at radius 3 is 2.38 bits per heavy atom. The maximum absolute atomic E-state index is 12.7. The summed E-state index contributed by atoms with van der Waals surface area (Å²) in [5.41, 5.74) is 2.19. The number of nitrogens with zero attached hydrogens (tertiary/aromatic N) is 2. The number of amides is 1. The molecule has 0 radical (unpaired) electrons.